The zero-order valence-corrected chi connectivity index (χ0v) is 6.15. The normalized spacial score (nSPS) is 8.91. The van der Waals surface area contributed by atoms with E-state index in [1.807, 2.05) is 0 Å². The van der Waals surface area contributed by atoms with E-state index in [1.165, 1.54) is 11.9 Å². The second kappa shape index (κ2) is 5.73. The van der Waals surface area contributed by atoms with Crippen molar-refractivity contribution in [1.29, 1.82) is 0 Å². The van der Waals surface area contributed by atoms with E-state index in [4.69, 9.17) is 10.2 Å². The fourth-order valence-corrected chi connectivity index (χ4v) is 0.518. The molecule has 0 fully saturated rings. The first-order valence-corrected chi connectivity index (χ1v) is 2.64. The van der Waals surface area contributed by atoms with Crippen LogP contribution in [0.2, 0.25) is 0 Å². The molecule has 0 rings (SSSR count). The highest BCUT2D eigenvalue weighted by Gasteiger charge is 2.06. The standard InChI is InChI=1S/C5H9NO4.B/c1-6(2-4(7)8)3-5(9)10;/h2-3H2,1H3,(H,7,8)(H,9,10);. The van der Waals surface area contributed by atoms with Gasteiger partial charge in [-0.05, 0) is 7.05 Å². The Kier molecular flexibility index (Phi) is 6.57. The summed E-state index contributed by atoms with van der Waals surface area (Å²) in [5.74, 6) is -2.05. The molecule has 2 N–H and O–H groups in total. The molecule has 0 saturated heterocycles. The number of carbonyl (C=O) groups is 2. The highest BCUT2D eigenvalue weighted by atomic mass is 16.4. The summed E-state index contributed by atoms with van der Waals surface area (Å²) in [5, 5.41) is 16.3. The van der Waals surface area contributed by atoms with Crippen LogP contribution in [0.3, 0.4) is 0 Å². The zero-order valence-electron chi connectivity index (χ0n) is 6.15. The summed E-state index contributed by atoms with van der Waals surface area (Å²) in [4.78, 5) is 21.1. The van der Waals surface area contributed by atoms with Crippen molar-refractivity contribution in [2.45, 2.75) is 0 Å². The molecule has 0 aromatic heterocycles. The van der Waals surface area contributed by atoms with Gasteiger partial charge in [0.2, 0.25) is 0 Å². The van der Waals surface area contributed by atoms with Crippen LogP contribution in [-0.4, -0.2) is 55.6 Å². The molecule has 0 aliphatic carbocycles. The van der Waals surface area contributed by atoms with Gasteiger partial charge in [-0.1, -0.05) is 0 Å². The first-order valence-electron chi connectivity index (χ1n) is 2.64. The Morgan fingerprint density at radius 1 is 1.18 bits per heavy atom. The Morgan fingerprint density at radius 2 is 1.45 bits per heavy atom. The molecule has 0 amide bonds. The number of carboxylic acids is 2. The van der Waals surface area contributed by atoms with Crippen molar-refractivity contribution in [3.8, 4) is 0 Å². The second-order valence-electron chi connectivity index (χ2n) is 1.96. The van der Waals surface area contributed by atoms with Crippen LogP contribution in [0.5, 0.6) is 0 Å². The molecule has 0 aromatic rings. The number of rotatable bonds is 4. The van der Waals surface area contributed by atoms with Gasteiger partial charge >= 0.3 is 11.9 Å². The number of hydrogen-bond acceptors (Lipinski definition) is 3. The lowest BCUT2D eigenvalue weighted by molar-refractivity contribution is -0.141. The van der Waals surface area contributed by atoms with Gasteiger partial charge in [0.15, 0.2) is 0 Å². The average molecular weight is 158 g/mol. The van der Waals surface area contributed by atoms with Gasteiger partial charge in [-0.25, -0.2) is 0 Å². The van der Waals surface area contributed by atoms with Crippen LogP contribution in [0.25, 0.3) is 0 Å². The molecule has 5 nitrogen and oxygen atoms in total. The average Bonchev–Trinajstić information content (AvgIpc) is 1.58. The van der Waals surface area contributed by atoms with E-state index in [-0.39, 0.29) is 21.5 Å². The quantitative estimate of drug-likeness (QED) is 0.497. The second-order valence-corrected chi connectivity index (χ2v) is 1.96. The molecule has 0 aromatic carbocycles. The van der Waals surface area contributed by atoms with Crippen molar-refractivity contribution < 1.29 is 19.8 Å². The summed E-state index contributed by atoms with van der Waals surface area (Å²) in [6.45, 7) is -0.488. The van der Waals surface area contributed by atoms with Crippen molar-refractivity contribution in [2.24, 2.45) is 0 Å². The molecule has 0 spiro atoms. The van der Waals surface area contributed by atoms with E-state index in [0.29, 0.717) is 0 Å². The van der Waals surface area contributed by atoms with Crippen molar-refractivity contribution in [3.05, 3.63) is 0 Å². The summed E-state index contributed by atoms with van der Waals surface area (Å²) < 4.78 is 0. The van der Waals surface area contributed by atoms with E-state index in [0.717, 1.165) is 0 Å². The van der Waals surface area contributed by atoms with E-state index in [9.17, 15) is 9.59 Å². The summed E-state index contributed by atoms with van der Waals surface area (Å²) >= 11 is 0. The molecular formula is C5H9BNO4. The zero-order chi connectivity index (χ0) is 8.15. The van der Waals surface area contributed by atoms with E-state index in [2.05, 4.69) is 0 Å². The highest BCUT2D eigenvalue weighted by molar-refractivity contribution is 5.75. The number of hydrogen-bond donors (Lipinski definition) is 2. The monoisotopic (exact) mass is 158 g/mol. The smallest absolute Gasteiger partial charge is 0.317 e. The van der Waals surface area contributed by atoms with Crippen LogP contribution in [0.15, 0.2) is 0 Å². The van der Waals surface area contributed by atoms with Crippen LogP contribution in [-0.2, 0) is 9.59 Å². The van der Waals surface area contributed by atoms with Gasteiger partial charge in [-0.2, -0.15) is 0 Å². The Hall–Kier alpha value is -1.04. The van der Waals surface area contributed by atoms with Crippen molar-refractivity contribution >= 4 is 20.4 Å². The maximum absolute atomic E-state index is 9.96. The largest absolute Gasteiger partial charge is 0.480 e. The SMILES string of the molecule is CN(CC(=O)O)CC(=O)O.[B]. The summed E-state index contributed by atoms with van der Waals surface area (Å²) in [6.07, 6.45) is 0. The molecule has 6 heteroatoms. The lowest BCUT2D eigenvalue weighted by Gasteiger charge is -2.08. The first-order chi connectivity index (χ1) is 4.52. The predicted octanol–water partition coefficient (Wildman–Crippen LogP) is -1.29. The topological polar surface area (TPSA) is 77.8 Å². The third-order valence-electron chi connectivity index (χ3n) is 0.810. The van der Waals surface area contributed by atoms with E-state index >= 15 is 0 Å². The maximum Gasteiger partial charge on any atom is 0.317 e. The minimum atomic E-state index is -1.02. The first kappa shape index (κ1) is 12.6. The van der Waals surface area contributed by atoms with Gasteiger partial charge in [-0.15, -0.1) is 0 Å². The van der Waals surface area contributed by atoms with Crippen molar-refractivity contribution in [1.82, 2.24) is 4.90 Å². The summed E-state index contributed by atoms with van der Waals surface area (Å²) in [6, 6.07) is 0. The Morgan fingerprint density at radius 3 is 1.64 bits per heavy atom. The lowest BCUT2D eigenvalue weighted by Crippen LogP contribution is -2.30. The van der Waals surface area contributed by atoms with Crippen LogP contribution < -0.4 is 0 Å². The Labute approximate surface area is 66.2 Å². The molecule has 0 heterocycles. The van der Waals surface area contributed by atoms with Gasteiger partial charge in [0.1, 0.15) is 0 Å². The molecule has 0 bridgehead atoms. The third kappa shape index (κ3) is 8.96. The molecule has 61 valence electrons. The van der Waals surface area contributed by atoms with Crippen molar-refractivity contribution in [2.75, 3.05) is 20.1 Å². The molecular weight excluding hydrogens is 149 g/mol. The van der Waals surface area contributed by atoms with Gasteiger partial charge in [0.05, 0.1) is 13.1 Å². The summed E-state index contributed by atoms with van der Waals surface area (Å²) in [7, 11) is 1.43. The third-order valence-corrected chi connectivity index (χ3v) is 0.810. The number of nitrogens with zero attached hydrogens (tertiary/aromatic N) is 1. The molecule has 0 aliphatic heterocycles. The van der Waals surface area contributed by atoms with Crippen LogP contribution in [0, 0.1) is 0 Å². The molecule has 0 atom stereocenters. The maximum atomic E-state index is 9.96. The minimum Gasteiger partial charge on any atom is -0.480 e. The molecule has 0 saturated carbocycles. The van der Waals surface area contributed by atoms with Crippen LogP contribution in [0.1, 0.15) is 0 Å². The molecule has 11 heavy (non-hydrogen) atoms. The fourth-order valence-electron chi connectivity index (χ4n) is 0.518. The van der Waals surface area contributed by atoms with E-state index < -0.39 is 11.9 Å². The predicted molar refractivity (Wildman–Crippen MR) is 38.5 cm³/mol. The van der Waals surface area contributed by atoms with Crippen molar-refractivity contribution in [3.63, 3.8) is 0 Å². The molecule has 0 unspecified atom stereocenters. The highest BCUT2D eigenvalue weighted by Crippen LogP contribution is 1.80. The van der Waals surface area contributed by atoms with Gasteiger partial charge in [0, 0.05) is 8.41 Å². The molecule has 3 radical (unpaired) electrons. The lowest BCUT2D eigenvalue weighted by atomic mass is 10.5. The van der Waals surface area contributed by atoms with Gasteiger partial charge in [0.25, 0.3) is 0 Å². The number of aliphatic carboxylic acids is 2. The van der Waals surface area contributed by atoms with Crippen LogP contribution >= 0.6 is 0 Å². The summed E-state index contributed by atoms with van der Waals surface area (Å²) in [5.41, 5.74) is 0. The Bertz CT molecular complexity index is 133. The Balaban J connectivity index is 0. The minimum absolute atomic E-state index is 0. The van der Waals surface area contributed by atoms with Gasteiger partial charge in [-0.3, -0.25) is 14.5 Å². The number of likely N-dealkylation sites (N-methyl/N-ethyl adjacent to an activating group) is 1. The number of carboxylic acid groups (broad SMARTS) is 2. The molecule has 0 aliphatic rings. The van der Waals surface area contributed by atoms with Gasteiger partial charge < -0.3 is 10.2 Å². The fraction of sp³-hybridized carbons (Fsp3) is 0.600. The van der Waals surface area contributed by atoms with E-state index in [1.54, 1.807) is 0 Å². The van der Waals surface area contributed by atoms with Crippen LogP contribution in [0.4, 0.5) is 0 Å².